The average molecular weight is 869 g/mol. The highest BCUT2D eigenvalue weighted by Gasteiger charge is 2.58. The third kappa shape index (κ3) is 12.6. The van der Waals surface area contributed by atoms with Crippen LogP contribution in [0.25, 0.3) is 0 Å². The van der Waals surface area contributed by atoms with Crippen LogP contribution in [0.4, 0.5) is 0 Å². The van der Waals surface area contributed by atoms with Gasteiger partial charge in [0.15, 0.2) is 0 Å². The quantitative estimate of drug-likeness (QED) is 0.105. The predicted octanol–water partition coefficient (Wildman–Crippen LogP) is 9.56. The van der Waals surface area contributed by atoms with Crippen molar-refractivity contribution in [1.29, 1.82) is 0 Å². The maximum absolute atomic E-state index is 13.2. The summed E-state index contributed by atoms with van der Waals surface area (Å²) in [4.78, 5) is 49.2. The van der Waals surface area contributed by atoms with Gasteiger partial charge in [0.05, 0.1) is 16.5 Å². The maximum atomic E-state index is 13.2. The van der Waals surface area contributed by atoms with Crippen LogP contribution < -0.4 is 21.3 Å². The van der Waals surface area contributed by atoms with Crippen LogP contribution in [0.1, 0.15) is 225 Å². The highest BCUT2D eigenvalue weighted by atomic mass is 16.4. The molecule has 62 heavy (non-hydrogen) atoms. The first kappa shape index (κ1) is 51.6. The Kier molecular flexibility index (Phi) is 14.5. The number of benzene rings is 1. The molecule has 0 aromatic heterocycles. The Morgan fingerprint density at radius 1 is 0.484 bits per heavy atom. The maximum Gasteiger partial charge on any atom is 0.335 e. The van der Waals surface area contributed by atoms with E-state index in [4.69, 9.17) is 0 Å². The summed E-state index contributed by atoms with van der Waals surface area (Å²) in [5, 5.41) is 55.0. The Bertz CT molecular complexity index is 1680. The van der Waals surface area contributed by atoms with Crippen LogP contribution in [0, 0.1) is 17.3 Å². The minimum atomic E-state index is -0.986. The molecule has 1 aromatic rings. The van der Waals surface area contributed by atoms with Gasteiger partial charge in [-0.25, -0.2) is 9.59 Å². The van der Waals surface area contributed by atoms with Crippen molar-refractivity contribution in [2.75, 3.05) is 0 Å². The van der Waals surface area contributed by atoms with Gasteiger partial charge in [-0.3, -0.25) is 9.59 Å². The summed E-state index contributed by atoms with van der Waals surface area (Å²) in [5.41, 5.74) is -0.394. The smallest absolute Gasteiger partial charge is 0.335 e. The van der Waals surface area contributed by atoms with Crippen LogP contribution in [0.3, 0.4) is 0 Å². The van der Waals surface area contributed by atoms with Gasteiger partial charge in [-0.1, -0.05) is 0 Å². The van der Waals surface area contributed by atoms with Gasteiger partial charge in [-0.15, -0.1) is 0 Å². The minimum absolute atomic E-state index is 0.00950. The standard InChI is InChI=1S/C26H40N2O4.C24H44N2O4/c1-23(2)11-15(12-24(3,4)27-23)19-17(21(29)30)9-10-18(22(31)32)20(19)16-13-25(5,6)28-26(7,8)14-16;1-20(2)12-16(13-21(3,4)25-20)24(19(29)30,11-9-10-18(27)28)17-14-22(5,6)26-23(7,8)15-17/h9-10,15-16,27-28H,11-14H2,1-8H3,(H,29,30)(H,31,32);16-17,25-26H,9-15H2,1-8H3,(H,27,28)(H,29,30). The van der Waals surface area contributed by atoms with E-state index in [0.29, 0.717) is 12.8 Å². The van der Waals surface area contributed by atoms with Crippen molar-refractivity contribution in [2.45, 2.75) is 238 Å². The fraction of sp³-hybridized carbons (Fsp3) is 0.800. The second kappa shape index (κ2) is 17.4. The van der Waals surface area contributed by atoms with Crippen molar-refractivity contribution in [1.82, 2.24) is 21.3 Å². The minimum Gasteiger partial charge on any atom is -0.481 e. The molecule has 5 rings (SSSR count). The van der Waals surface area contributed by atoms with E-state index in [2.05, 4.69) is 132 Å². The number of nitrogens with one attached hydrogen (secondary N) is 4. The Morgan fingerprint density at radius 2 is 0.742 bits per heavy atom. The van der Waals surface area contributed by atoms with E-state index in [-0.39, 0.29) is 85.5 Å². The van der Waals surface area contributed by atoms with Crippen LogP contribution in [0.2, 0.25) is 0 Å². The zero-order chi connectivity index (χ0) is 47.4. The van der Waals surface area contributed by atoms with E-state index in [1.807, 2.05) is 0 Å². The molecule has 12 nitrogen and oxygen atoms in total. The van der Waals surface area contributed by atoms with Gasteiger partial charge < -0.3 is 41.7 Å². The number of carboxylic acids is 4. The third-order valence-corrected chi connectivity index (χ3v) is 14.2. The fourth-order valence-corrected chi connectivity index (χ4v) is 14.0. The number of rotatable bonds is 11. The van der Waals surface area contributed by atoms with Crippen LogP contribution in [-0.2, 0) is 9.59 Å². The van der Waals surface area contributed by atoms with Crippen LogP contribution in [0.15, 0.2) is 12.1 Å². The summed E-state index contributed by atoms with van der Waals surface area (Å²) in [6, 6.07) is 3.01. The Balaban J connectivity index is 0.000000273. The molecule has 4 heterocycles. The lowest BCUT2D eigenvalue weighted by atomic mass is 9.52. The predicted molar refractivity (Wildman–Crippen MR) is 246 cm³/mol. The molecule has 0 aliphatic carbocycles. The molecule has 4 fully saturated rings. The molecule has 0 spiro atoms. The Labute approximate surface area is 372 Å². The van der Waals surface area contributed by atoms with Gasteiger partial charge in [-0.2, -0.15) is 0 Å². The van der Waals surface area contributed by atoms with E-state index >= 15 is 0 Å². The van der Waals surface area contributed by atoms with Crippen molar-refractivity contribution in [3.63, 3.8) is 0 Å². The lowest BCUT2D eigenvalue weighted by Crippen LogP contribution is -2.65. The summed E-state index contributed by atoms with van der Waals surface area (Å²) in [6.45, 7) is 34.3. The summed E-state index contributed by atoms with van der Waals surface area (Å²) in [6.07, 6.45) is 6.97. The highest BCUT2D eigenvalue weighted by molar-refractivity contribution is 5.95. The second-order valence-corrected chi connectivity index (χ2v) is 25.2. The first-order valence-electron chi connectivity index (χ1n) is 23.1. The van der Waals surface area contributed by atoms with Crippen molar-refractivity contribution in [2.24, 2.45) is 17.3 Å². The largest absolute Gasteiger partial charge is 0.481 e. The number of carboxylic acid groups (broad SMARTS) is 4. The molecule has 0 saturated carbocycles. The normalized spacial score (nSPS) is 25.5. The van der Waals surface area contributed by atoms with Gasteiger partial charge in [-0.05, 0) is 222 Å². The van der Waals surface area contributed by atoms with E-state index < -0.39 is 29.3 Å². The molecule has 4 aliphatic rings. The molecular weight excluding hydrogens is 785 g/mol. The second-order valence-electron chi connectivity index (χ2n) is 25.2. The van der Waals surface area contributed by atoms with Crippen molar-refractivity contribution in [3.05, 3.63) is 34.4 Å². The molecule has 0 atom stereocenters. The number of hydrogen-bond donors (Lipinski definition) is 8. The SMILES string of the molecule is CC1(C)CC(C(CCCC(=O)O)(C(=O)O)C2CC(C)(C)NC(C)(C)C2)CC(C)(C)N1.CC1(C)CC(c2c(C(=O)O)ccc(C(=O)O)c2C2CC(C)(C)NC(C)(C)C2)CC(C)(C)N1. The topological polar surface area (TPSA) is 197 Å². The fourth-order valence-electron chi connectivity index (χ4n) is 14.0. The van der Waals surface area contributed by atoms with Gasteiger partial charge >= 0.3 is 23.9 Å². The molecule has 1 aromatic carbocycles. The van der Waals surface area contributed by atoms with E-state index in [9.17, 15) is 39.6 Å². The lowest BCUT2D eigenvalue weighted by Gasteiger charge is -2.57. The van der Waals surface area contributed by atoms with E-state index in [1.54, 1.807) is 0 Å². The van der Waals surface area contributed by atoms with E-state index in [0.717, 1.165) is 62.5 Å². The molecule has 352 valence electrons. The molecular formula is C50H84N4O8. The molecule has 0 bridgehead atoms. The Morgan fingerprint density at radius 3 is 0.968 bits per heavy atom. The number of piperidine rings is 4. The molecule has 0 amide bonds. The molecule has 12 heteroatoms. The molecule has 4 aliphatic heterocycles. The first-order chi connectivity index (χ1) is 27.8. The summed E-state index contributed by atoms with van der Waals surface area (Å²) >= 11 is 0. The van der Waals surface area contributed by atoms with Gasteiger partial charge in [0, 0.05) is 50.7 Å². The molecule has 8 N–H and O–H groups in total. The number of aliphatic carboxylic acids is 2. The Hall–Kier alpha value is -3.06. The first-order valence-corrected chi connectivity index (χ1v) is 23.1. The van der Waals surface area contributed by atoms with Gasteiger partial charge in [0.25, 0.3) is 0 Å². The zero-order valence-corrected chi connectivity index (χ0v) is 41.2. The van der Waals surface area contributed by atoms with Crippen LogP contribution in [0.5, 0.6) is 0 Å². The highest BCUT2D eigenvalue weighted by Crippen LogP contribution is 2.55. The van der Waals surface area contributed by atoms with Crippen molar-refractivity contribution < 1.29 is 39.6 Å². The van der Waals surface area contributed by atoms with Gasteiger partial charge in [0.2, 0.25) is 0 Å². The number of aromatic carboxylic acids is 2. The van der Waals surface area contributed by atoms with E-state index in [1.165, 1.54) is 12.1 Å². The number of hydrogen-bond acceptors (Lipinski definition) is 8. The molecule has 0 radical (unpaired) electrons. The third-order valence-electron chi connectivity index (χ3n) is 14.2. The van der Waals surface area contributed by atoms with Crippen LogP contribution >= 0.6 is 0 Å². The lowest BCUT2D eigenvalue weighted by molar-refractivity contribution is -0.166. The summed E-state index contributed by atoms with van der Waals surface area (Å²) in [7, 11) is 0. The van der Waals surface area contributed by atoms with Crippen molar-refractivity contribution in [3.8, 4) is 0 Å². The zero-order valence-electron chi connectivity index (χ0n) is 41.2. The summed E-state index contributed by atoms with van der Waals surface area (Å²) in [5.74, 6) is -3.67. The van der Waals surface area contributed by atoms with Gasteiger partial charge in [0.1, 0.15) is 0 Å². The monoisotopic (exact) mass is 869 g/mol. The summed E-state index contributed by atoms with van der Waals surface area (Å²) < 4.78 is 0. The molecule has 0 unspecified atom stereocenters. The number of carbonyl (C=O) groups is 4. The van der Waals surface area contributed by atoms with Crippen molar-refractivity contribution >= 4 is 23.9 Å². The molecule has 4 saturated heterocycles. The average Bonchev–Trinajstić information content (AvgIpc) is 3.00. The van der Waals surface area contributed by atoms with Crippen LogP contribution in [-0.4, -0.2) is 88.6 Å².